The van der Waals surface area contributed by atoms with Crippen molar-refractivity contribution in [3.05, 3.63) is 0 Å². The average Bonchev–Trinajstić information content (AvgIpc) is 2.79. The van der Waals surface area contributed by atoms with Crippen LogP contribution in [0.5, 0.6) is 0 Å². The van der Waals surface area contributed by atoms with Crippen LogP contribution in [0.2, 0.25) is 0 Å². The van der Waals surface area contributed by atoms with E-state index in [1.807, 2.05) is 4.90 Å². The van der Waals surface area contributed by atoms with Crippen LogP contribution in [0.1, 0.15) is 44.9 Å². The first-order valence-electron chi connectivity index (χ1n) is 6.86. The Morgan fingerprint density at radius 2 is 1.67 bits per heavy atom. The largest absolute Gasteiger partial charge is 0.393 e. The third-order valence-electron chi connectivity index (χ3n) is 4.63. The topological polar surface area (TPSA) is 23.5 Å². The number of nitrogens with zero attached hydrogens (tertiary/aromatic N) is 1. The fraction of sp³-hybridized carbons (Fsp3) is 1.00. The van der Waals surface area contributed by atoms with Gasteiger partial charge in [0.1, 0.15) is 0 Å². The molecule has 0 bridgehead atoms. The molecule has 1 N–H and O–H groups in total. The molecule has 0 radical (unpaired) electrons. The molecule has 2 aliphatic rings. The van der Waals surface area contributed by atoms with Crippen molar-refractivity contribution in [3.8, 4) is 0 Å². The summed E-state index contributed by atoms with van der Waals surface area (Å²) in [5, 5.41) is 9.66. The van der Waals surface area contributed by atoms with E-state index in [0.717, 1.165) is 25.7 Å². The number of halogens is 3. The van der Waals surface area contributed by atoms with Crippen molar-refractivity contribution in [2.75, 3.05) is 7.05 Å². The molecule has 0 heterocycles. The van der Waals surface area contributed by atoms with Gasteiger partial charge in [-0.25, -0.2) is 0 Å². The number of alkyl halides is 3. The monoisotopic (exact) mass is 265 g/mol. The summed E-state index contributed by atoms with van der Waals surface area (Å²) in [4.78, 5) is 1.90. The van der Waals surface area contributed by atoms with Crippen molar-refractivity contribution in [2.24, 2.45) is 5.92 Å². The second-order valence-corrected chi connectivity index (χ2v) is 5.79. The van der Waals surface area contributed by atoms with Gasteiger partial charge in [0, 0.05) is 12.1 Å². The molecular formula is C13H22F3NO. The lowest BCUT2D eigenvalue weighted by molar-refractivity contribution is -0.205. The van der Waals surface area contributed by atoms with E-state index in [1.165, 1.54) is 0 Å². The van der Waals surface area contributed by atoms with Crippen LogP contribution in [0.25, 0.3) is 0 Å². The van der Waals surface area contributed by atoms with E-state index in [2.05, 4.69) is 0 Å². The van der Waals surface area contributed by atoms with Crippen LogP contribution in [0.15, 0.2) is 0 Å². The molecule has 3 atom stereocenters. The number of hydrogen-bond donors (Lipinski definition) is 1. The first-order chi connectivity index (χ1) is 8.39. The number of hydrogen-bond acceptors (Lipinski definition) is 2. The Hall–Kier alpha value is -0.290. The number of aliphatic hydroxyl groups is 1. The molecule has 2 fully saturated rings. The summed E-state index contributed by atoms with van der Waals surface area (Å²) < 4.78 is 39.2. The van der Waals surface area contributed by atoms with Crippen LogP contribution < -0.4 is 0 Å². The van der Waals surface area contributed by atoms with Gasteiger partial charge in [-0.2, -0.15) is 13.2 Å². The van der Waals surface area contributed by atoms with Gasteiger partial charge in [-0.15, -0.1) is 0 Å². The van der Waals surface area contributed by atoms with Crippen molar-refractivity contribution in [3.63, 3.8) is 0 Å². The Bertz CT molecular complexity index is 276. The van der Waals surface area contributed by atoms with Gasteiger partial charge in [0.25, 0.3) is 0 Å². The summed E-state index contributed by atoms with van der Waals surface area (Å²) in [5.41, 5.74) is 0. The summed E-state index contributed by atoms with van der Waals surface area (Å²) in [6.45, 7) is 0. The van der Waals surface area contributed by atoms with Gasteiger partial charge in [-0.05, 0) is 39.2 Å². The average molecular weight is 265 g/mol. The van der Waals surface area contributed by atoms with Crippen LogP contribution in [-0.2, 0) is 0 Å². The van der Waals surface area contributed by atoms with Crippen LogP contribution in [0.4, 0.5) is 13.2 Å². The second kappa shape index (κ2) is 5.37. The maximum absolute atomic E-state index is 13.1. The minimum atomic E-state index is -4.14. The maximum atomic E-state index is 13.1. The Labute approximate surface area is 106 Å². The van der Waals surface area contributed by atoms with E-state index in [4.69, 9.17) is 0 Å². The molecule has 0 aromatic carbocycles. The molecule has 0 saturated heterocycles. The standard InChI is InChI=1S/C13H22F3NO/c1-17(9-4-2-3-5-9)12-8-10(18)6-7-11(12)13(14,15)16/h9-12,18H,2-8H2,1H3. The third kappa shape index (κ3) is 2.99. The Morgan fingerprint density at radius 3 is 2.22 bits per heavy atom. The zero-order valence-electron chi connectivity index (χ0n) is 10.8. The van der Waals surface area contributed by atoms with Crippen molar-refractivity contribution in [2.45, 2.75) is 69.3 Å². The molecule has 0 aliphatic heterocycles. The molecule has 106 valence electrons. The van der Waals surface area contributed by atoms with Gasteiger partial charge in [0.2, 0.25) is 0 Å². The zero-order chi connectivity index (χ0) is 13.3. The highest BCUT2D eigenvalue weighted by Gasteiger charge is 2.49. The normalized spacial score (nSPS) is 35.3. The van der Waals surface area contributed by atoms with Crippen LogP contribution in [0, 0.1) is 5.92 Å². The van der Waals surface area contributed by atoms with Gasteiger partial charge in [0.15, 0.2) is 0 Å². The Kier molecular flexibility index (Phi) is 4.22. The lowest BCUT2D eigenvalue weighted by Gasteiger charge is -2.43. The summed E-state index contributed by atoms with van der Waals surface area (Å²) in [6.07, 6.45) is 0.0985. The molecule has 2 aliphatic carbocycles. The summed E-state index contributed by atoms with van der Waals surface area (Å²) >= 11 is 0. The van der Waals surface area contributed by atoms with E-state index in [0.29, 0.717) is 0 Å². The van der Waals surface area contributed by atoms with Gasteiger partial charge in [0.05, 0.1) is 12.0 Å². The smallest absolute Gasteiger partial charge is 0.393 e. The Balaban J connectivity index is 2.09. The summed E-state index contributed by atoms with van der Waals surface area (Å²) in [5.74, 6) is -1.27. The minimum Gasteiger partial charge on any atom is -0.393 e. The minimum absolute atomic E-state index is 0.0619. The quantitative estimate of drug-likeness (QED) is 0.829. The SMILES string of the molecule is CN(C1CCCC1)C1CC(O)CCC1C(F)(F)F. The lowest BCUT2D eigenvalue weighted by Crippen LogP contribution is -2.51. The zero-order valence-corrected chi connectivity index (χ0v) is 10.8. The summed E-state index contributed by atoms with van der Waals surface area (Å²) in [6, 6.07) is -0.276. The first-order valence-corrected chi connectivity index (χ1v) is 6.86. The van der Waals surface area contributed by atoms with Gasteiger partial charge >= 0.3 is 6.18 Å². The highest BCUT2D eigenvalue weighted by atomic mass is 19.4. The maximum Gasteiger partial charge on any atom is 0.393 e. The van der Waals surface area contributed by atoms with Gasteiger partial charge in [-0.3, -0.25) is 4.90 Å². The predicted molar refractivity (Wildman–Crippen MR) is 63.2 cm³/mol. The molecule has 0 spiro atoms. The van der Waals surface area contributed by atoms with E-state index < -0.39 is 24.2 Å². The van der Waals surface area contributed by atoms with Gasteiger partial charge in [-0.1, -0.05) is 12.8 Å². The molecule has 2 rings (SSSR count). The highest BCUT2D eigenvalue weighted by molar-refractivity contribution is 4.92. The van der Waals surface area contributed by atoms with E-state index in [9.17, 15) is 18.3 Å². The third-order valence-corrected chi connectivity index (χ3v) is 4.63. The molecule has 5 heteroatoms. The molecule has 0 aromatic heterocycles. The van der Waals surface area contributed by atoms with Crippen molar-refractivity contribution in [1.29, 1.82) is 0 Å². The van der Waals surface area contributed by atoms with Crippen molar-refractivity contribution in [1.82, 2.24) is 4.90 Å². The molecule has 3 unspecified atom stereocenters. The fourth-order valence-corrected chi connectivity index (χ4v) is 3.54. The molecule has 0 amide bonds. The molecule has 2 saturated carbocycles. The van der Waals surface area contributed by atoms with Crippen LogP contribution in [0.3, 0.4) is 0 Å². The fourth-order valence-electron chi connectivity index (χ4n) is 3.54. The van der Waals surface area contributed by atoms with E-state index >= 15 is 0 Å². The van der Waals surface area contributed by atoms with Crippen LogP contribution >= 0.6 is 0 Å². The van der Waals surface area contributed by atoms with Crippen LogP contribution in [-0.4, -0.2) is 41.4 Å². The van der Waals surface area contributed by atoms with Crippen molar-refractivity contribution < 1.29 is 18.3 Å². The molecule has 2 nitrogen and oxygen atoms in total. The summed E-state index contributed by atoms with van der Waals surface area (Å²) in [7, 11) is 1.80. The van der Waals surface area contributed by atoms with E-state index in [-0.39, 0.29) is 25.3 Å². The highest BCUT2D eigenvalue weighted by Crippen LogP contribution is 2.41. The molecular weight excluding hydrogens is 243 g/mol. The molecule has 0 aromatic rings. The van der Waals surface area contributed by atoms with Crippen molar-refractivity contribution >= 4 is 0 Å². The Morgan fingerprint density at radius 1 is 1.06 bits per heavy atom. The van der Waals surface area contributed by atoms with E-state index in [1.54, 1.807) is 7.05 Å². The second-order valence-electron chi connectivity index (χ2n) is 5.79. The molecule has 18 heavy (non-hydrogen) atoms. The first kappa shape index (κ1) is 14.1. The lowest BCUT2D eigenvalue weighted by atomic mass is 9.81. The van der Waals surface area contributed by atoms with Gasteiger partial charge < -0.3 is 5.11 Å². The number of aliphatic hydroxyl groups excluding tert-OH is 1. The number of rotatable bonds is 2. The predicted octanol–water partition coefficient (Wildman–Crippen LogP) is 2.95.